The Balaban J connectivity index is 1.96. The lowest BCUT2D eigenvalue weighted by Crippen LogP contribution is -2.48. The van der Waals surface area contributed by atoms with E-state index in [1.165, 1.54) is 0 Å². The summed E-state index contributed by atoms with van der Waals surface area (Å²) in [6.45, 7) is 6.01. The first kappa shape index (κ1) is 23.6. The summed E-state index contributed by atoms with van der Waals surface area (Å²) in [7, 11) is -1.91. The van der Waals surface area contributed by atoms with Crippen LogP contribution in [-0.4, -0.2) is 56.2 Å². The van der Waals surface area contributed by atoms with Gasteiger partial charge >= 0.3 is 0 Å². The Kier molecular flexibility index (Phi) is 9.39. The Morgan fingerprint density at radius 2 is 1.72 bits per heavy atom. The number of nitrogens with one attached hydrogen (secondary N) is 1. The molecule has 164 valence electrons. The van der Waals surface area contributed by atoms with Gasteiger partial charge < -0.3 is 10.1 Å². The molecule has 1 aromatic rings. The average Bonchev–Trinajstić information content (AvgIpc) is 2.74. The second-order valence-electron chi connectivity index (χ2n) is 7.48. The molecule has 1 saturated heterocycles. The van der Waals surface area contributed by atoms with Gasteiger partial charge in [0.05, 0.1) is 12.8 Å². The Labute approximate surface area is 175 Å². The molecule has 0 radical (unpaired) electrons. The van der Waals surface area contributed by atoms with Crippen molar-refractivity contribution in [3.63, 3.8) is 0 Å². The van der Waals surface area contributed by atoms with E-state index in [9.17, 15) is 13.2 Å². The zero-order valence-corrected chi connectivity index (χ0v) is 18.7. The monoisotopic (exact) mass is 425 g/mol. The number of piperidine rings is 1. The number of hydrogen-bond acceptors (Lipinski definition) is 4. The van der Waals surface area contributed by atoms with E-state index in [0.29, 0.717) is 50.5 Å². The van der Waals surface area contributed by atoms with Crippen LogP contribution in [0.1, 0.15) is 52.4 Å². The molecule has 0 aliphatic carbocycles. The zero-order chi connectivity index (χ0) is 21.3. The van der Waals surface area contributed by atoms with Gasteiger partial charge in [0.15, 0.2) is 0 Å². The largest absolute Gasteiger partial charge is 0.495 e. The predicted molar refractivity (Wildman–Crippen MR) is 116 cm³/mol. The summed E-state index contributed by atoms with van der Waals surface area (Å²) in [6, 6.07) is 7.29. The highest BCUT2D eigenvalue weighted by Crippen LogP contribution is 2.27. The lowest BCUT2D eigenvalue weighted by Gasteiger charge is -2.34. The Bertz CT molecular complexity index is 738. The standard InChI is InChI=1S/C21H35N3O4S/c1-4-6-14-23(15-7-5-2)29(26,27)24-16-12-18(13-17-24)21(25)22-19-10-8-9-11-20(19)28-3/h8-11,18H,4-7,12-17H2,1-3H3,(H,22,25). The van der Waals surface area contributed by atoms with E-state index < -0.39 is 10.2 Å². The number of unbranched alkanes of at least 4 members (excludes halogenated alkanes) is 2. The number of para-hydroxylation sites is 2. The van der Waals surface area contributed by atoms with Crippen molar-refractivity contribution in [2.45, 2.75) is 52.4 Å². The Morgan fingerprint density at radius 3 is 2.28 bits per heavy atom. The van der Waals surface area contributed by atoms with E-state index in [0.717, 1.165) is 25.7 Å². The van der Waals surface area contributed by atoms with Crippen molar-refractivity contribution in [1.29, 1.82) is 0 Å². The fourth-order valence-electron chi connectivity index (χ4n) is 3.51. The van der Waals surface area contributed by atoms with E-state index in [1.54, 1.807) is 27.9 Å². The van der Waals surface area contributed by atoms with E-state index in [4.69, 9.17) is 4.74 Å². The second-order valence-corrected chi connectivity index (χ2v) is 9.41. The van der Waals surface area contributed by atoms with Crippen LogP contribution in [0.5, 0.6) is 5.75 Å². The fraction of sp³-hybridized carbons (Fsp3) is 0.667. The van der Waals surface area contributed by atoms with Gasteiger partial charge in [-0.1, -0.05) is 38.8 Å². The van der Waals surface area contributed by atoms with Gasteiger partial charge in [-0.15, -0.1) is 0 Å². The molecule has 0 saturated carbocycles. The summed E-state index contributed by atoms with van der Waals surface area (Å²) < 4.78 is 34.6. The van der Waals surface area contributed by atoms with Gasteiger partial charge in [-0.05, 0) is 37.8 Å². The third-order valence-corrected chi connectivity index (χ3v) is 7.40. The van der Waals surface area contributed by atoms with E-state index in [-0.39, 0.29) is 11.8 Å². The number of ether oxygens (including phenoxy) is 1. The van der Waals surface area contributed by atoms with Crippen molar-refractivity contribution in [2.24, 2.45) is 5.92 Å². The maximum absolute atomic E-state index is 13.1. The SMILES string of the molecule is CCCCN(CCCC)S(=O)(=O)N1CCC(C(=O)Nc2ccccc2OC)CC1. The van der Waals surface area contributed by atoms with Crippen LogP contribution >= 0.6 is 0 Å². The maximum Gasteiger partial charge on any atom is 0.281 e. The first-order chi connectivity index (χ1) is 13.9. The third-order valence-electron chi connectivity index (χ3n) is 5.36. The molecular weight excluding hydrogens is 390 g/mol. The molecule has 1 heterocycles. The van der Waals surface area contributed by atoms with Gasteiger partial charge in [-0.3, -0.25) is 4.79 Å². The summed E-state index contributed by atoms with van der Waals surface area (Å²) in [5, 5.41) is 2.92. The van der Waals surface area contributed by atoms with E-state index in [1.807, 2.05) is 12.1 Å². The third kappa shape index (κ3) is 6.42. The molecule has 0 bridgehead atoms. The van der Waals surface area contributed by atoms with Gasteiger partial charge in [0, 0.05) is 32.1 Å². The molecule has 29 heavy (non-hydrogen) atoms. The molecule has 1 N–H and O–H groups in total. The predicted octanol–water partition coefficient (Wildman–Crippen LogP) is 3.49. The van der Waals surface area contributed by atoms with Crippen LogP contribution in [0.3, 0.4) is 0 Å². The molecule has 1 aromatic carbocycles. The van der Waals surface area contributed by atoms with Crippen molar-refractivity contribution in [2.75, 3.05) is 38.6 Å². The number of carbonyl (C=O) groups is 1. The van der Waals surface area contributed by atoms with E-state index >= 15 is 0 Å². The number of anilines is 1. The van der Waals surface area contributed by atoms with Gasteiger partial charge in [0.1, 0.15) is 5.75 Å². The number of rotatable bonds is 11. The maximum atomic E-state index is 13.1. The second kappa shape index (κ2) is 11.5. The van der Waals surface area contributed by atoms with Gasteiger partial charge in [0.2, 0.25) is 5.91 Å². The van der Waals surface area contributed by atoms with Crippen molar-refractivity contribution >= 4 is 21.8 Å². The van der Waals surface area contributed by atoms with Crippen molar-refractivity contribution in [3.05, 3.63) is 24.3 Å². The average molecular weight is 426 g/mol. The first-order valence-corrected chi connectivity index (χ1v) is 12.0. The molecule has 0 atom stereocenters. The zero-order valence-electron chi connectivity index (χ0n) is 17.9. The highest BCUT2D eigenvalue weighted by atomic mass is 32.2. The molecule has 2 rings (SSSR count). The van der Waals surface area contributed by atoms with E-state index in [2.05, 4.69) is 19.2 Å². The number of amides is 1. The number of carbonyl (C=O) groups excluding carboxylic acids is 1. The van der Waals surface area contributed by atoms with Gasteiger partial charge in [0.25, 0.3) is 10.2 Å². The molecule has 1 fully saturated rings. The molecule has 0 unspecified atom stereocenters. The van der Waals surface area contributed by atoms with Crippen LogP contribution in [0.4, 0.5) is 5.69 Å². The smallest absolute Gasteiger partial charge is 0.281 e. The van der Waals surface area contributed by atoms with Gasteiger partial charge in [-0.25, -0.2) is 0 Å². The molecular formula is C21H35N3O4S. The number of hydrogen-bond donors (Lipinski definition) is 1. The highest BCUT2D eigenvalue weighted by Gasteiger charge is 2.34. The first-order valence-electron chi connectivity index (χ1n) is 10.6. The Morgan fingerprint density at radius 1 is 1.14 bits per heavy atom. The van der Waals surface area contributed by atoms with Crippen LogP contribution in [0, 0.1) is 5.92 Å². The van der Waals surface area contributed by atoms with Crippen LogP contribution in [0.15, 0.2) is 24.3 Å². The summed E-state index contributed by atoms with van der Waals surface area (Å²) >= 11 is 0. The molecule has 8 heteroatoms. The quantitative estimate of drug-likeness (QED) is 0.589. The normalized spacial score (nSPS) is 16.1. The molecule has 0 spiro atoms. The summed E-state index contributed by atoms with van der Waals surface area (Å²) in [5.41, 5.74) is 0.639. The van der Waals surface area contributed by atoms with Crippen molar-refractivity contribution < 1.29 is 17.9 Å². The minimum absolute atomic E-state index is 0.0830. The lowest BCUT2D eigenvalue weighted by molar-refractivity contribution is -0.120. The highest BCUT2D eigenvalue weighted by molar-refractivity contribution is 7.86. The Hall–Kier alpha value is -1.64. The van der Waals surface area contributed by atoms with Crippen LogP contribution in [0.2, 0.25) is 0 Å². The molecule has 7 nitrogen and oxygen atoms in total. The number of nitrogens with zero attached hydrogens (tertiary/aromatic N) is 2. The summed E-state index contributed by atoms with van der Waals surface area (Å²) in [6.07, 6.45) is 4.69. The molecule has 1 aliphatic rings. The minimum Gasteiger partial charge on any atom is -0.495 e. The fourth-order valence-corrected chi connectivity index (χ4v) is 5.22. The van der Waals surface area contributed by atoms with Crippen molar-refractivity contribution in [1.82, 2.24) is 8.61 Å². The van der Waals surface area contributed by atoms with Crippen LogP contribution < -0.4 is 10.1 Å². The van der Waals surface area contributed by atoms with Crippen LogP contribution in [0.25, 0.3) is 0 Å². The molecule has 1 aliphatic heterocycles. The summed E-state index contributed by atoms with van der Waals surface area (Å²) in [4.78, 5) is 12.7. The number of benzene rings is 1. The molecule has 0 aromatic heterocycles. The number of methoxy groups -OCH3 is 1. The molecule has 1 amide bonds. The van der Waals surface area contributed by atoms with Crippen LogP contribution in [-0.2, 0) is 15.0 Å². The summed E-state index contributed by atoms with van der Waals surface area (Å²) in [5.74, 6) is 0.329. The minimum atomic E-state index is -3.47. The van der Waals surface area contributed by atoms with Gasteiger partial charge in [-0.2, -0.15) is 17.0 Å². The topological polar surface area (TPSA) is 79.0 Å². The lowest BCUT2D eigenvalue weighted by atomic mass is 9.97. The van der Waals surface area contributed by atoms with Crippen molar-refractivity contribution in [3.8, 4) is 5.75 Å².